The third kappa shape index (κ3) is 2.24. The number of hydrogen-bond acceptors (Lipinski definition) is 2. The number of hydrogen-bond donors (Lipinski definition) is 1. The molecular formula is C15H20O2. The Morgan fingerprint density at radius 1 is 1.24 bits per heavy atom. The molecule has 2 heteroatoms. The van der Waals surface area contributed by atoms with Crippen molar-refractivity contribution in [2.24, 2.45) is 5.92 Å². The Morgan fingerprint density at radius 2 is 2.06 bits per heavy atom. The largest absolute Gasteiger partial charge is 0.386 e. The molecule has 1 aromatic carbocycles. The lowest BCUT2D eigenvalue weighted by Crippen LogP contribution is -2.21. The summed E-state index contributed by atoms with van der Waals surface area (Å²) in [5, 5.41) is 10.2. The molecule has 0 bridgehead atoms. The van der Waals surface area contributed by atoms with Crippen LogP contribution in [0.3, 0.4) is 0 Å². The number of fused-ring (bicyclic) bond motifs is 1. The molecule has 2 aliphatic carbocycles. The summed E-state index contributed by atoms with van der Waals surface area (Å²) in [6, 6.07) is 8.12. The number of aliphatic hydroxyl groups is 1. The van der Waals surface area contributed by atoms with Crippen LogP contribution in [0.5, 0.6) is 0 Å². The zero-order valence-electron chi connectivity index (χ0n) is 10.1. The molecule has 0 aliphatic heterocycles. The lowest BCUT2D eigenvalue weighted by molar-refractivity contribution is -0.0343. The molecule has 2 nitrogen and oxygen atoms in total. The van der Waals surface area contributed by atoms with Crippen LogP contribution in [0.15, 0.2) is 24.3 Å². The highest BCUT2D eigenvalue weighted by atomic mass is 16.5. The summed E-state index contributed by atoms with van der Waals surface area (Å²) in [4.78, 5) is 0. The van der Waals surface area contributed by atoms with Gasteiger partial charge in [0.25, 0.3) is 0 Å². The molecule has 0 radical (unpaired) electrons. The van der Waals surface area contributed by atoms with Gasteiger partial charge in [-0.15, -0.1) is 0 Å². The number of ether oxygens (including phenoxy) is 1. The zero-order valence-corrected chi connectivity index (χ0v) is 10.1. The molecule has 2 aliphatic rings. The van der Waals surface area contributed by atoms with Gasteiger partial charge in [-0.05, 0) is 23.5 Å². The van der Waals surface area contributed by atoms with E-state index in [0.29, 0.717) is 0 Å². The molecule has 2 unspecified atom stereocenters. The minimum atomic E-state index is -0.424. The van der Waals surface area contributed by atoms with Crippen LogP contribution in [0, 0.1) is 5.92 Å². The molecule has 1 N–H and O–H groups in total. The van der Waals surface area contributed by atoms with Crippen molar-refractivity contribution in [1.29, 1.82) is 0 Å². The molecule has 92 valence electrons. The van der Waals surface area contributed by atoms with E-state index < -0.39 is 6.10 Å². The lowest BCUT2D eigenvalue weighted by Gasteiger charge is -2.26. The molecule has 0 aromatic heterocycles. The number of benzene rings is 1. The average molecular weight is 232 g/mol. The third-order valence-corrected chi connectivity index (χ3v) is 4.23. The number of aliphatic hydroxyl groups excluding tert-OH is 1. The molecule has 2 atom stereocenters. The molecular weight excluding hydrogens is 212 g/mol. The van der Waals surface area contributed by atoms with Gasteiger partial charge in [-0.3, -0.25) is 0 Å². The van der Waals surface area contributed by atoms with Crippen molar-refractivity contribution in [3.8, 4) is 0 Å². The monoisotopic (exact) mass is 232 g/mol. The first kappa shape index (κ1) is 11.2. The van der Waals surface area contributed by atoms with Gasteiger partial charge in [0.1, 0.15) is 6.10 Å². The summed E-state index contributed by atoms with van der Waals surface area (Å²) >= 11 is 0. The highest BCUT2D eigenvalue weighted by molar-refractivity contribution is 5.35. The predicted molar refractivity (Wildman–Crippen MR) is 66.8 cm³/mol. The van der Waals surface area contributed by atoms with E-state index in [1.165, 1.54) is 31.2 Å². The van der Waals surface area contributed by atoms with Crippen molar-refractivity contribution in [2.75, 3.05) is 6.61 Å². The first-order valence-corrected chi connectivity index (χ1v) is 6.72. The fraction of sp³-hybridized carbons (Fsp3) is 0.600. The maximum absolute atomic E-state index is 10.2. The second-order valence-corrected chi connectivity index (χ2v) is 5.34. The molecule has 1 aromatic rings. The van der Waals surface area contributed by atoms with Crippen LogP contribution in [0.1, 0.15) is 42.9 Å². The van der Waals surface area contributed by atoms with Gasteiger partial charge in [0, 0.05) is 13.0 Å². The Bertz CT molecular complexity index is 384. The summed E-state index contributed by atoms with van der Waals surface area (Å²) in [7, 11) is 0. The van der Waals surface area contributed by atoms with Crippen molar-refractivity contribution >= 4 is 0 Å². The molecule has 3 rings (SSSR count). The Morgan fingerprint density at radius 3 is 2.76 bits per heavy atom. The summed E-state index contributed by atoms with van der Waals surface area (Å²) in [5.41, 5.74) is 2.30. The first-order chi connectivity index (χ1) is 8.34. The second-order valence-electron chi connectivity index (χ2n) is 5.34. The second kappa shape index (κ2) is 4.79. The molecule has 1 fully saturated rings. The summed E-state index contributed by atoms with van der Waals surface area (Å²) < 4.78 is 5.85. The molecule has 0 saturated heterocycles. The summed E-state index contributed by atoms with van der Waals surface area (Å²) in [6.07, 6.45) is 5.72. The van der Waals surface area contributed by atoms with Crippen molar-refractivity contribution in [3.63, 3.8) is 0 Å². The predicted octanol–water partition coefficient (Wildman–Crippen LogP) is 2.85. The van der Waals surface area contributed by atoms with E-state index >= 15 is 0 Å². The van der Waals surface area contributed by atoms with Crippen LogP contribution in [-0.4, -0.2) is 17.8 Å². The normalized spacial score (nSPS) is 27.8. The number of rotatable bonds is 4. The smallest absolute Gasteiger partial charge is 0.106 e. The Hall–Kier alpha value is -0.860. The van der Waals surface area contributed by atoms with Crippen LogP contribution in [0.4, 0.5) is 0 Å². The fourth-order valence-electron chi connectivity index (χ4n) is 2.85. The fourth-order valence-corrected chi connectivity index (χ4v) is 2.85. The Balaban J connectivity index is 1.52. The highest BCUT2D eigenvalue weighted by Crippen LogP contribution is 2.34. The summed E-state index contributed by atoms with van der Waals surface area (Å²) in [5.74, 6) is 0.885. The van der Waals surface area contributed by atoms with Gasteiger partial charge >= 0.3 is 0 Å². The van der Waals surface area contributed by atoms with E-state index in [1.54, 1.807) is 0 Å². The lowest BCUT2D eigenvalue weighted by atomic mass is 9.83. The van der Waals surface area contributed by atoms with Crippen LogP contribution in [0.2, 0.25) is 0 Å². The van der Waals surface area contributed by atoms with Crippen LogP contribution >= 0.6 is 0 Å². The maximum atomic E-state index is 10.2. The van der Waals surface area contributed by atoms with Gasteiger partial charge in [-0.1, -0.05) is 43.5 Å². The maximum Gasteiger partial charge on any atom is 0.106 e. The first-order valence-electron chi connectivity index (χ1n) is 6.72. The van der Waals surface area contributed by atoms with E-state index in [-0.39, 0.29) is 6.10 Å². The Kier molecular flexibility index (Phi) is 3.17. The average Bonchev–Trinajstić information content (AvgIpc) is 2.60. The van der Waals surface area contributed by atoms with Gasteiger partial charge < -0.3 is 9.84 Å². The Labute approximate surface area is 103 Å². The van der Waals surface area contributed by atoms with Crippen molar-refractivity contribution in [3.05, 3.63) is 35.4 Å². The summed E-state index contributed by atoms with van der Waals surface area (Å²) in [6.45, 7) is 0.806. The van der Waals surface area contributed by atoms with E-state index in [0.717, 1.165) is 24.5 Å². The highest BCUT2D eigenvalue weighted by Gasteiger charge is 2.31. The molecule has 17 heavy (non-hydrogen) atoms. The van der Waals surface area contributed by atoms with Crippen molar-refractivity contribution in [1.82, 2.24) is 0 Å². The molecule has 0 heterocycles. The third-order valence-electron chi connectivity index (χ3n) is 4.23. The van der Waals surface area contributed by atoms with Gasteiger partial charge in [0.15, 0.2) is 0 Å². The van der Waals surface area contributed by atoms with Gasteiger partial charge in [-0.2, -0.15) is 0 Å². The zero-order chi connectivity index (χ0) is 11.7. The molecule has 0 amide bonds. The molecule has 0 spiro atoms. The van der Waals surface area contributed by atoms with E-state index in [2.05, 4.69) is 6.07 Å². The quantitative estimate of drug-likeness (QED) is 0.865. The van der Waals surface area contributed by atoms with Crippen molar-refractivity contribution < 1.29 is 9.84 Å². The topological polar surface area (TPSA) is 29.5 Å². The van der Waals surface area contributed by atoms with Crippen LogP contribution in [-0.2, 0) is 11.2 Å². The van der Waals surface area contributed by atoms with Gasteiger partial charge in [0.2, 0.25) is 0 Å². The standard InChI is InChI=1S/C15H20O2/c16-15-13-7-2-1-6-12(13)10-14(15)17-9-8-11-4-3-5-11/h1-2,6-7,11,14-16H,3-5,8-10H2. The minimum Gasteiger partial charge on any atom is -0.386 e. The van der Waals surface area contributed by atoms with E-state index in [4.69, 9.17) is 4.74 Å². The minimum absolute atomic E-state index is 0.0209. The molecule has 1 saturated carbocycles. The SMILES string of the molecule is OC1c2ccccc2CC1OCCC1CCC1. The van der Waals surface area contributed by atoms with E-state index in [9.17, 15) is 5.11 Å². The van der Waals surface area contributed by atoms with Crippen LogP contribution in [0.25, 0.3) is 0 Å². The van der Waals surface area contributed by atoms with Gasteiger partial charge in [-0.25, -0.2) is 0 Å². The van der Waals surface area contributed by atoms with Crippen molar-refractivity contribution in [2.45, 2.75) is 44.3 Å². The van der Waals surface area contributed by atoms with E-state index in [1.807, 2.05) is 18.2 Å². The van der Waals surface area contributed by atoms with Gasteiger partial charge in [0.05, 0.1) is 6.10 Å². The van der Waals surface area contributed by atoms with Crippen LogP contribution < -0.4 is 0 Å².